The summed E-state index contributed by atoms with van der Waals surface area (Å²) in [6, 6.07) is 7.92. The van der Waals surface area contributed by atoms with Gasteiger partial charge in [0, 0.05) is 21.8 Å². The van der Waals surface area contributed by atoms with E-state index in [2.05, 4.69) is 21.2 Å². The Labute approximate surface area is 116 Å². The highest BCUT2D eigenvalue weighted by atomic mass is 79.9. The van der Waals surface area contributed by atoms with Crippen LogP contribution in [0.5, 0.6) is 0 Å². The van der Waals surface area contributed by atoms with Crippen molar-refractivity contribution < 1.29 is 4.79 Å². The minimum Gasteiger partial charge on any atom is -0.350 e. The Morgan fingerprint density at radius 3 is 2.59 bits per heavy atom. The first-order chi connectivity index (χ1) is 8.17. The fraction of sp³-hybridized carbons (Fsp3) is 0.462. The van der Waals surface area contributed by atoms with E-state index in [9.17, 15) is 4.79 Å². The zero-order valence-corrected chi connectivity index (χ0v) is 12.6. The van der Waals surface area contributed by atoms with Crippen LogP contribution in [0.3, 0.4) is 0 Å². The van der Waals surface area contributed by atoms with Gasteiger partial charge in [-0.3, -0.25) is 4.79 Å². The average molecular weight is 316 g/mol. The molecule has 0 aromatic heterocycles. The van der Waals surface area contributed by atoms with Crippen molar-refractivity contribution in [3.63, 3.8) is 0 Å². The molecule has 1 atom stereocenters. The number of amides is 1. The molecule has 1 aromatic rings. The molecule has 94 valence electrons. The van der Waals surface area contributed by atoms with E-state index >= 15 is 0 Å². The predicted octanol–water partition coefficient (Wildman–Crippen LogP) is 3.70. The lowest BCUT2D eigenvalue weighted by molar-refractivity contribution is 0.0938. The molecule has 1 N–H and O–H groups in total. The van der Waals surface area contributed by atoms with Gasteiger partial charge in [-0.25, -0.2) is 0 Å². The van der Waals surface area contributed by atoms with Crippen molar-refractivity contribution in [2.45, 2.75) is 30.7 Å². The standard InChI is InChI=1S/C13H18BrNOS/c1-10(4-3-9-14)15-13(16)11-5-7-12(17-2)8-6-11/h5-8,10H,3-4,9H2,1-2H3,(H,15,16). The van der Waals surface area contributed by atoms with Gasteiger partial charge in [-0.2, -0.15) is 0 Å². The van der Waals surface area contributed by atoms with E-state index in [1.165, 1.54) is 4.90 Å². The van der Waals surface area contributed by atoms with Crippen molar-refractivity contribution in [1.82, 2.24) is 5.32 Å². The van der Waals surface area contributed by atoms with Crippen LogP contribution in [-0.2, 0) is 0 Å². The monoisotopic (exact) mass is 315 g/mol. The van der Waals surface area contributed by atoms with Gasteiger partial charge in [0.05, 0.1) is 0 Å². The largest absolute Gasteiger partial charge is 0.350 e. The highest BCUT2D eigenvalue weighted by Gasteiger charge is 2.09. The van der Waals surface area contributed by atoms with Crippen molar-refractivity contribution >= 4 is 33.6 Å². The minimum atomic E-state index is 0.0136. The molecule has 0 aliphatic rings. The first kappa shape index (κ1) is 14.6. The molecular weight excluding hydrogens is 298 g/mol. The molecule has 17 heavy (non-hydrogen) atoms. The summed E-state index contributed by atoms with van der Waals surface area (Å²) < 4.78 is 0. The second-order valence-electron chi connectivity index (χ2n) is 3.93. The number of thioether (sulfide) groups is 1. The Bertz CT molecular complexity index is 353. The molecule has 2 nitrogen and oxygen atoms in total. The fourth-order valence-electron chi connectivity index (χ4n) is 1.51. The molecule has 0 radical (unpaired) electrons. The van der Waals surface area contributed by atoms with Crippen molar-refractivity contribution in [3.05, 3.63) is 29.8 Å². The van der Waals surface area contributed by atoms with Crippen molar-refractivity contribution in [2.24, 2.45) is 0 Å². The van der Waals surface area contributed by atoms with Crippen LogP contribution >= 0.6 is 27.7 Å². The summed E-state index contributed by atoms with van der Waals surface area (Å²) in [5.74, 6) is 0.0136. The zero-order valence-electron chi connectivity index (χ0n) is 10.2. The maximum absolute atomic E-state index is 11.9. The van der Waals surface area contributed by atoms with Gasteiger partial charge < -0.3 is 5.32 Å². The molecule has 0 bridgehead atoms. The molecule has 1 rings (SSSR count). The van der Waals surface area contributed by atoms with E-state index in [1.807, 2.05) is 37.4 Å². The van der Waals surface area contributed by atoms with Gasteiger partial charge >= 0.3 is 0 Å². The number of rotatable bonds is 6. The van der Waals surface area contributed by atoms with Gasteiger partial charge in [-0.05, 0) is 50.3 Å². The highest BCUT2D eigenvalue weighted by Crippen LogP contribution is 2.14. The van der Waals surface area contributed by atoms with Crippen molar-refractivity contribution in [2.75, 3.05) is 11.6 Å². The summed E-state index contributed by atoms with van der Waals surface area (Å²) >= 11 is 5.07. The maximum Gasteiger partial charge on any atom is 0.251 e. The molecule has 0 heterocycles. The third kappa shape index (κ3) is 5.13. The van der Waals surface area contributed by atoms with E-state index in [-0.39, 0.29) is 11.9 Å². The van der Waals surface area contributed by atoms with Gasteiger partial charge in [-0.1, -0.05) is 15.9 Å². The summed E-state index contributed by atoms with van der Waals surface area (Å²) in [7, 11) is 0. The molecular formula is C13H18BrNOS. The molecule has 0 fully saturated rings. The average Bonchev–Trinajstić information content (AvgIpc) is 2.36. The molecule has 0 saturated heterocycles. The van der Waals surface area contributed by atoms with Crippen LogP contribution in [0.4, 0.5) is 0 Å². The number of nitrogens with one attached hydrogen (secondary N) is 1. The van der Waals surface area contributed by atoms with Crippen LogP contribution in [-0.4, -0.2) is 23.5 Å². The van der Waals surface area contributed by atoms with Crippen LogP contribution in [0, 0.1) is 0 Å². The van der Waals surface area contributed by atoms with Crippen LogP contribution in [0.25, 0.3) is 0 Å². The number of alkyl halides is 1. The van der Waals surface area contributed by atoms with E-state index in [4.69, 9.17) is 0 Å². The van der Waals surface area contributed by atoms with Gasteiger partial charge in [0.2, 0.25) is 0 Å². The lowest BCUT2D eigenvalue weighted by Crippen LogP contribution is -2.32. The van der Waals surface area contributed by atoms with E-state index in [0.29, 0.717) is 0 Å². The Balaban J connectivity index is 2.51. The molecule has 0 saturated carbocycles. The second-order valence-corrected chi connectivity index (χ2v) is 5.61. The number of hydrogen-bond acceptors (Lipinski definition) is 2. The maximum atomic E-state index is 11.9. The van der Waals surface area contributed by atoms with Gasteiger partial charge in [0.15, 0.2) is 0 Å². The number of carbonyl (C=O) groups is 1. The predicted molar refractivity (Wildman–Crippen MR) is 78.2 cm³/mol. The fourth-order valence-corrected chi connectivity index (χ4v) is 2.24. The molecule has 1 amide bonds. The Morgan fingerprint density at radius 1 is 1.41 bits per heavy atom. The lowest BCUT2D eigenvalue weighted by Gasteiger charge is -2.13. The number of benzene rings is 1. The van der Waals surface area contributed by atoms with Crippen molar-refractivity contribution in [3.8, 4) is 0 Å². The van der Waals surface area contributed by atoms with Crippen molar-refractivity contribution in [1.29, 1.82) is 0 Å². The van der Waals surface area contributed by atoms with Gasteiger partial charge in [-0.15, -0.1) is 11.8 Å². The first-order valence-corrected chi connectivity index (χ1v) is 8.03. The number of carbonyl (C=O) groups excluding carboxylic acids is 1. The molecule has 0 aliphatic carbocycles. The van der Waals surface area contributed by atoms with Crippen LogP contribution in [0.1, 0.15) is 30.1 Å². The molecule has 0 aliphatic heterocycles. The summed E-state index contributed by atoms with van der Waals surface area (Å²) in [5, 5.41) is 3.98. The Hall–Kier alpha value is -0.480. The van der Waals surface area contributed by atoms with E-state index < -0.39 is 0 Å². The summed E-state index contributed by atoms with van der Waals surface area (Å²) in [4.78, 5) is 13.1. The number of halogens is 1. The smallest absolute Gasteiger partial charge is 0.251 e. The highest BCUT2D eigenvalue weighted by molar-refractivity contribution is 9.09. The third-order valence-electron chi connectivity index (χ3n) is 2.50. The number of hydrogen-bond donors (Lipinski definition) is 1. The van der Waals surface area contributed by atoms with Gasteiger partial charge in [0.1, 0.15) is 0 Å². The normalized spacial score (nSPS) is 12.2. The zero-order chi connectivity index (χ0) is 12.7. The van der Waals surface area contributed by atoms with E-state index in [1.54, 1.807) is 11.8 Å². The topological polar surface area (TPSA) is 29.1 Å². The quantitative estimate of drug-likeness (QED) is 0.640. The van der Waals surface area contributed by atoms with E-state index in [0.717, 1.165) is 23.7 Å². The van der Waals surface area contributed by atoms with Crippen LogP contribution in [0.2, 0.25) is 0 Å². The van der Waals surface area contributed by atoms with Gasteiger partial charge in [0.25, 0.3) is 5.91 Å². The SMILES string of the molecule is CSc1ccc(C(=O)NC(C)CCCBr)cc1. The Morgan fingerprint density at radius 2 is 2.06 bits per heavy atom. The summed E-state index contributed by atoms with van der Waals surface area (Å²) in [6.45, 7) is 2.04. The second kappa shape index (κ2) is 7.77. The molecule has 1 aromatic carbocycles. The first-order valence-electron chi connectivity index (χ1n) is 5.68. The Kier molecular flexibility index (Phi) is 6.66. The van der Waals surface area contributed by atoms with Crippen LogP contribution < -0.4 is 5.32 Å². The van der Waals surface area contributed by atoms with Crippen LogP contribution in [0.15, 0.2) is 29.2 Å². The molecule has 4 heteroatoms. The minimum absolute atomic E-state index is 0.0136. The summed E-state index contributed by atoms with van der Waals surface area (Å²) in [6.07, 6.45) is 4.10. The summed E-state index contributed by atoms with van der Waals surface area (Å²) in [5.41, 5.74) is 0.730. The molecule has 0 spiro atoms. The lowest BCUT2D eigenvalue weighted by atomic mass is 10.1. The molecule has 1 unspecified atom stereocenters. The third-order valence-corrected chi connectivity index (χ3v) is 3.80.